The highest BCUT2D eigenvalue weighted by molar-refractivity contribution is 5.97. The molecule has 1 aromatic heterocycles. The van der Waals surface area contributed by atoms with Gasteiger partial charge in [-0.15, -0.1) is 0 Å². The fourth-order valence-electron chi connectivity index (χ4n) is 4.15. The van der Waals surface area contributed by atoms with E-state index in [2.05, 4.69) is 20.8 Å². The molecule has 2 unspecified atom stereocenters. The van der Waals surface area contributed by atoms with Crippen molar-refractivity contribution in [2.45, 2.75) is 57.0 Å². The van der Waals surface area contributed by atoms with Crippen LogP contribution in [0.5, 0.6) is 0 Å². The van der Waals surface area contributed by atoms with Crippen LogP contribution in [-0.2, 0) is 22.4 Å². The fourth-order valence-corrected chi connectivity index (χ4v) is 4.15. The zero-order valence-electron chi connectivity index (χ0n) is 16.9. The van der Waals surface area contributed by atoms with Crippen molar-refractivity contribution in [1.29, 1.82) is 0 Å². The Kier molecular flexibility index (Phi) is 5.09. The summed E-state index contributed by atoms with van der Waals surface area (Å²) in [6.45, 7) is 2.93. The summed E-state index contributed by atoms with van der Waals surface area (Å²) in [5.41, 5.74) is -0.267. The number of aromatic amines is 1. The van der Waals surface area contributed by atoms with Gasteiger partial charge in [0.1, 0.15) is 30.1 Å². The number of halogens is 4. The lowest BCUT2D eigenvalue weighted by Crippen LogP contribution is -2.57. The lowest BCUT2D eigenvalue weighted by Gasteiger charge is -2.35. The summed E-state index contributed by atoms with van der Waals surface area (Å²) >= 11 is 0. The molecule has 2 aliphatic carbocycles. The highest BCUT2D eigenvalue weighted by Gasteiger charge is 2.47. The van der Waals surface area contributed by atoms with Gasteiger partial charge in [0.2, 0.25) is 5.91 Å². The molecule has 0 saturated carbocycles. The number of nitrogens with zero attached hydrogens (tertiary/aromatic N) is 1. The fraction of sp³-hybridized carbons (Fsp3) is 0.550. The Morgan fingerprint density at radius 1 is 1.39 bits per heavy atom. The second-order valence-corrected chi connectivity index (χ2v) is 8.36. The van der Waals surface area contributed by atoms with Gasteiger partial charge < -0.3 is 15.4 Å². The number of carbonyl (C=O) groups excluding carboxylic acids is 2. The van der Waals surface area contributed by atoms with E-state index in [0.29, 0.717) is 11.3 Å². The Morgan fingerprint density at radius 2 is 2.13 bits per heavy atom. The molecule has 3 aliphatic rings. The van der Waals surface area contributed by atoms with Crippen LogP contribution in [0.1, 0.15) is 42.0 Å². The zero-order chi connectivity index (χ0) is 22.6. The van der Waals surface area contributed by atoms with Crippen molar-refractivity contribution >= 4 is 11.8 Å². The van der Waals surface area contributed by atoms with Crippen molar-refractivity contribution < 1.29 is 31.9 Å². The van der Waals surface area contributed by atoms with Crippen LogP contribution in [0.25, 0.3) is 0 Å². The first kappa shape index (κ1) is 21.4. The molecule has 2 heterocycles. The van der Waals surface area contributed by atoms with Crippen molar-refractivity contribution in [2.75, 3.05) is 6.61 Å². The third kappa shape index (κ3) is 3.81. The summed E-state index contributed by atoms with van der Waals surface area (Å²) in [7, 11) is 0. The van der Waals surface area contributed by atoms with E-state index in [1.54, 1.807) is 13.0 Å². The van der Waals surface area contributed by atoms with E-state index in [1.165, 1.54) is 13.0 Å². The normalized spacial score (nSPS) is 30.6. The molecule has 0 radical (unpaired) electrons. The van der Waals surface area contributed by atoms with Crippen LogP contribution < -0.4 is 10.6 Å². The molecule has 4 atom stereocenters. The molecule has 0 aromatic carbocycles. The number of carbonyl (C=O) groups is 2. The number of hydrogen-bond acceptors (Lipinski definition) is 4. The molecule has 4 rings (SSSR count). The highest BCUT2D eigenvalue weighted by Crippen LogP contribution is 2.37. The molecular weight excluding hydrogens is 420 g/mol. The molecule has 2 amide bonds. The van der Waals surface area contributed by atoms with Crippen molar-refractivity contribution in [3.05, 3.63) is 40.4 Å². The molecule has 3 N–H and O–H groups in total. The SMILES string of the molecule is CC1=CC(F)C2(C)NC(=O)[C@@H](NC(=O)c3n[nH]c4c3C[C@H](C(F)(F)F)CC4)COC2=C1. The quantitative estimate of drug-likeness (QED) is 0.613. The minimum atomic E-state index is -4.37. The van der Waals surface area contributed by atoms with Crippen LogP contribution in [-0.4, -0.2) is 52.5 Å². The third-order valence-electron chi connectivity index (χ3n) is 6.07. The summed E-state index contributed by atoms with van der Waals surface area (Å²) in [6, 6.07) is -1.17. The lowest BCUT2D eigenvalue weighted by molar-refractivity contribution is -0.177. The van der Waals surface area contributed by atoms with Gasteiger partial charge in [-0.2, -0.15) is 18.3 Å². The number of rotatable bonds is 2. The summed E-state index contributed by atoms with van der Waals surface area (Å²) in [5, 5.41) is 11.5. The molecule has 168 valence electrons. The van der Waals surface area contributed by atoms with Gasteiger partial charge in [-0.05, 0) is 50.8 Å². The first-order valence-electron chi connectivity index (χ1n) is 9.92. The van der Waals surface area contributed by atoms with Gasteiger partial charge in [0.15, 0.2) is 5.69 Å². The lowest BCUT2D eigenvalue weighted by atomic mass is 9.86. The van der Waals surface area contributed by atoms with Crippen LogP contribution in [0.3, 0.4) is 0 Å². The molecule has 0 bridgehead atoms. The number of aromatic nitrogens is 2. The van der Waals surface area contributed by atoms with E-state index >= 15 is 0 Å². The number of hydrogen-bond donors (Lipinski definition) is 3. The van der Waals surface area contributed by atoms with E-state index in [1.807, 2.05) is 0 Å². The monoisotopic (exact) mass is 442 g/mol. The van der Waals surface area contributed by atoms with Gasteiger partial charge in [-0.1, -0.05) is 0 Å². The molecule has 1 fully saturated rings. The number of H-pyrrole nitrogens is 1. The molecule has 7 nitrogen and oxygen atoms in total. The second kappa shape index (κ2) is 7.38. The van der Waals surface area contributed by atoms with Crippen LogP contribution in [0.4, 0.5) is 17.6 Å². The minimum Gasteiger partial charge on any atom is -0.493 e. The minimum absolute atomic E-state index is 0.0792. The largest absolute Gasteiger partial charge is 0.493 e. The van der Waals surface area contributed by atoms with Gasteiger partial charge in [-0.25, -0.2) is 4.39 Å². The molecule has 0 spiro atoms. The maximum absolute atomic E-state index is 14.6. The molecule has 1 saturated heterocycles. The summed E-state index contributed by atoms with van der Waals surface area (Å²) in [6.07, 6.45) is -3.23. The second-order valence-electron chi connectivity index (χ2n) is 8.36. The van der Waals surface area contributed by atoms with E-state index in [4.69, 9.17) is 4.74 Å². The molecule has 31 heavy (non-hydrogen) atoms. The van der Waals surface area contributed by atoms with E-state index in [0.717, 1.165) is 0 Å². The van der Waals surface area contributed by atoms with E-state index in [9.17, 15) is 27.2 Å². The van der Waals surface area contributed by atoms with Crippen molar-refractivity contribution in [1.82, 2.24) is 20.8 Å². The van der Waals surface area contributed by atoms with Crippen molar-refractivity contribution in [2.24, 2.45) is 5.92 Å². The van der Waals surface area contributed by atoms with Gasteiger partial charge in [0.25, 0.3) is 5.91 Å². The standard InChI is InChI=1S/C20H22F4N4O3/c1-9-5-14(21)19(2)15(6-9)31-8-13(17(29)26-19)25-18(30)16-11-7-10(20(22,23)24)3-4-12(11)27-28-16/h5-6,10,13-14H,3-4,7-8H2,1-2H3,(H,25,30)(H,26,29)(H,27,28)/t10-,13+,14?,19?/m1/s1. The summed E-state index contributed by atoms with van der Waals surface area (Å²) in [5.74, 6) is -2.78. The van der Waals surface area contributed by atoms with Crippen LogP contribution in [0, 0.1) is 5.92 Å². The summed E-state index contributed by atoms with van der Waals surface area (Å²) < 4.78 is 59.7. The number of ether oxygens (including phenoxy) is 1. The van der Waals surface area contributed by atoms with Gasteiger partial charge in [0.05, 0.1) is 5.92 Å². The van der Waals surface area contributed by atoms with Crippen molar-refractivity contribution in [3.8, 4) is 0 Å². The first-order chi connectivity index (χ1) is 14.5. The van der Waals surface area contributed by atoms with Gasteiger partial charge in [0, 0.05) is 11.3 Å². The molecule has 1 aliphatic heterocycles. The Balaban J connectivity index is 1.51. The third-order valence-corrected chi connectivity index (χ3v) is 6.07. The number of amides is 2. The zero-order valence-corrected chi connectivity index (χ0v) is 16.9. The number of fused-ring (bicyclic) bond motifs is 2. The smallest absolute Gasteiger partial charge is 0.392 e. The Bertz CT molecular complexity index is 984. The Labute approximate surface area is 175 Å². The van der Waals surface area contributed by atoms with E-state index < -0.39 is 41.7 Å². The Morgan fingerprint density at radius 3 is 2.84 bits per heavy atom. The number of alkyl halides is 4. The van der Waals surface area contributed by atoms with Crippen LogP contribution in [0.2, 0.25) is 0 Å². The molecule has 1 aromatic rings. The van der Waals surface area contributed by atoms with Gasteiger partial charge >= 0.3 is 6.18 Å². The molecule has 11 heteroatoms. The van der Waals surface area contributed by atoms with Crippen LogP contribution in [0.15, 0.2) is 23.5 Å². The maximum atomic E-state index is 14.6. The average molecular weight is 442 g/mol. The average Bonchev–Trinajstić information content (AvgIpc) is 3.06. The predicted octanol–water partition coefficient (Wildman–Crippen LogP) is 2.26. The number of nitrogens with one attached hydrogen (secondary N) is 3. The van der Waals surface area contributed by atoms with Gasteiger partial charge in [-0.3, -0.25) is 14.7 Å². The topological polar surface area (TPSA) is 96.1 Å². The highest BCUT2D eigenvalue weighted by atomic mass is 19.4. The Hall–Kier alpha value is -2.85. The predicted molar refractivity (Wildman–Crippen MR) is 101 cm³/mol. The van der Waals surface area contributed by atoms with E-state index in [-0.39, 0.29) is 42.9 Å². The van der Waals surface area contributed by atoms with Crippen molar-refractivity contribution in [3.63, 3.8) is 0 Å². The maximum Gasteiger partial charge on any atom is 0.392 e. The number of allylic oxidation sites excluding steroid dienone is 2. The number of aryl methyl sites for hydroxylation is 1. The summed E-state index contributed by atoms with van der Waals surface area (Å²) in [4.78, 5) is 25.4. The van der Waals surface area contributed by atoms with Crippen LogP contribution >= 0.6 is 0 Å². The molecular formula is C20H22F4N4O3. The first-order valence-corrected chi connectivity index (χ1v) is 9.92.